The molecule has 0 bridgehead atoms. The molecule has 156 valence electrons. The predicted octanol–water partition coefficient (Wildman–Crippen LogP) is 1.87. The van der Waals surface area contributed by atoms with Gasteiger partial charge in [-0.05, 0) is 30.9 Å². The molecule has 0 saturated carbocycles. The van der Waals surface area contributed by atoms with Crippen molar-refractivity contribution < 1.29 is 22.7 Å². The molecular weight excluding hydrogens is 380 g/mol. The normalized spacial score (nSPS) is 16.5. The Morgan fingerprint density at radius 2 is 1.89 bits per heavy atom. The highest BCUT2D eigenvalue weighted by molar-refractivity contribution is 7.92. The van der Waals surface area contributed by atoms with E-state index >= 15 is 0 Å². The number of carbonyl (C=O) groups is 1. The van der Waals surface area contributed by atoms with E-state index in [0.717, 1.165) is 12.0 Å². The van der Waals surface area contributed by atoms with Gasteiger partial charge in [0, 0.05) is 44.7 Å². The molecule has 1 N–H and O–H groups in total. The summed E-state index contributed by atoms with van der Waals surface area (Å²) in [6, 6.07) is 9.32. The van der Waals surface area contributed by atoms with E-state index in [4.69, 9.17) is 9.47 Å². The third-order valence-electron chi connectivity index (χ3n) is 4.61. The van der Waals surface area contributed by atoms with E-state index in [1.54, 1.807) is 13.2 Å². The molecule has 1 fully saturated rings. The highest BCUT2D eigenvalue weighted by atomic mass is 32.2. The Labute approximate surface area is 167 Å². The minimum atomic E-state index is -3.47. The molecule has 0 atom stereocenters. The summed E-state index contributed by atoms with van der Waals surface area (Å²) in [5.74, 6) is -0.146. The molecule has 0 spiro atoms. The van der Waals surface area contributed by atoms with Gasteiger partial charge in [-0.3, -0.25) is 4.79 Å². The predicted molar refractivity (Wildman–Crippen MR) is 109 cm³/mol. The minimum Gasteiger partial charge on any atom is -0.382 e. The van der Waals surface area contributed by atoms with Gasteiger partial charge in [0.2, 0.25) is 15.9 Å². The first-order valence-corrected chi connectivity index (χ1v) is 11.1. The van der Waals surface area contributed by atoms with Crippen LogP contribution in [-0.4, -0.2) is 65.2 Å². The van der Waals surface area contributed by atoms with E-state index in [-0.39, 0.29) is 11.8 Å². The van der Waals surface area contributed by atoms with Gasteiger partial charge < -0.3 is 14.8 Å². The second kappa shape index (κ2) is 12.0. The van der Waals surface area contributed by atoms with Crippen LogP contribution in [0.25, 0.3) is 6.08 Å². The van der Waals surface area contributed by atoms with Crippen LogP contribution in [-0.2, 0) is 24.3 Å². The van der Waals surface area contributed by atoms with Gasteiger partial charge in [-0.15, -0.1) is 0 Å². The standard InChI is InChI=1S/C20H30N2O5S/c1-26-15-16-27-14-5-11-21-20(23)19-8-12-22(13-9-19)28(24,25)17-10-18-6-3-2-4-7-18/h2-4,6-7,10,17,19H,5,8-9,11-16H2,1H3,(H,21,23)/b17-10+. The summed E-state index contributed by atoms with van der Waals surface area (Å²) >= 11 is 0. The number of hydrogen-bond donors (Lipinski definition) is 1. The first-order chi connectivity index (χ1) is 13.5. The summed E-state index contributed by atoms with van der Waals surface area (Å²) in [6.45, 7) is 2.97. The van der Waals surface area contributed by atoms with Crippen LogP contribution in [0.3, 0.4) is 0 Å². The zero-order valence-corrected chi connectivity index (χ0v) is 17.2. The van der Waals surface area contributed by atoms with Gasteiger partial charge in [0.15, 0.2) is 0 Å². The van der Waals surface area contributed by atoms with Crippen LogP contribution in [0.5, 0.6) is 0 Å². The van der Waals surface area contributed by atoms with Crippen molar-refractivity contribution in [3.8, 4) is 0 Å². The number of nitrogens with one attached hydrogen (secondary N) is 1. The Hall–Kier alpha value is -1.74. The number of nitrogens with zero attached hydrogens (tertiary/aromatic N) is 1. The van der Waals surface area contributed by atoms with E-state index < -0.39 is 10.0 Å². The number of amides is 1. The molecule has 28 heavy (non-hydrogen) atoms. The molecule has 0 aliphatic carbocycles. The molecule has 1 aliphatic rings. The van der Waals surface area contributed by atoms with Crippen molar-refractivity contribution in [2.24, 2.45) is 5.92 Å². The lowest BCUT2D eigenvalue weighted by atomic mass is 9.97. The van der Waals surface area contributed by atoms with Crippen LogP contribution >= 0.6 is 0 Å². The van der Waals surface area contributed by atoms with Crippen LogP contribution in [0.15, 0.2) is 35.7 Å². The van der Waals surface area contributed by atoms with Gasteiger partial charge in [-0.25, -0.2) is 8.42 Å². The lowest BCUT2D eigenvalue weighted by Crippen LogP contribution is -2.42. The number of benzene rings is 1. The molecule has 2 rings (SSSR count). The fourth-order valence-electron chi connectivity index (χ4n) is 2.96. The molecule has 1 amide bonds. The van der Waals surface area contributed by atoms with Crippen molar-refractivity contribution >= 4 is 22.0 Å². The van der Waals surface area contributed by atoms with Crippen molar-refractivity contribution in [1.82, 2.24) is 9.62 Å². The van der Waals surface area contributed by atoms with E-state index in [1.807, 2.05) is 30.3 Å². The first-order valence-electron chi connectivity index (χ1n) is 9.60. The van der Waals surface area contributed by atoms with Crippen molar-refractivity contribution in [1.29, 1.82) is 0 Å². The second-order valence-corrected chi connectivity index (χ2v) is 8.50. The van der Waals surface area contributed by atoms with E-state index in [0.29, 0.717) is 52.3 Å². The molecule has 1 saturated heterocycles. The summed E-state index contributed by atoms with van der Waals surface area (Å²) in [5, 5.41) is 4.15. The van der Waals surface area contributed by atoms with Gasteiger partial charge in [0.25, 0.3) is 0 Å². The van der Waals surface area contributed by atoms with Crippen LogP contribution < -0.4 is 5.32 Å². The Morgan fingerprint density at radius 1 is 1.18 bits per heavy atom. The smallest absolute Gasteiger partial charge is 0.236 e. The van der Waals surface area contributed by atoms with Gasteiger partial charge >= 0.3 is 0 Å². The van der Waals surface area contributed by atoms with Crippen LogP contribution in [0.2, 0.25) is 0 Å². The number of piperidine rings is 1. The molecule has 1 heterocycles. The molecule has 0 aromatic heterocycles. The number of methoxy groups -OCH3 is 1. The molecule has 8 heteroatoms. The van der Waals surface area contributed by atoms with E-state index in [1.165, 1.54) is 9.71 Å². The zero-order chi connectivity index (χ0) is 20.2. The molecule has 1 aromatic rings. The third kappa shape index (κ3) is 7.71. The van der Waals surface area contributed by atoms with Gasteiger partial charge in [0.05, 0.1) is 13.2 Å². The molecule has 0 radical (unpaired) electrons. The number of rotatable bonds is 11. The van der Waals surface area contributed by atoms with E-state index in [9.17, 15) is 13.2 Å². The Bertz CT molecular complexity index is 713. The maximum atomic E-state index is 12.5. The zero-order valence-electron chi connectivity index (χ0n) is 16.4. The maximum absolute atomic E-state index is 12.5. The number of hydrogen-bond acceptors (Lipinski definition) is 5. The van der Waals surface area contributed by atoms with Crippen molar-refractivity contribution in [3.63, 3.8) is 0 Å². The molecule has 7 nitrogen and oxygen atoms in total. The largest absolute Gasteiger partial charge is 0.382 e. The quantitative estimate of drug-likeness (QED) is 0.563. The molecule has 1 aromatic carbocycles. The van der Waals surface area contributed by atoms with Crippen LogP contribution in [0.4, 0.5) is 0 Å². The summed E-state index contributed by atoms with van der Waals surface area (Å²) in [4.78, 5) is 12.2. The van der Waals surface area contributed by atoms with Crippen molar-refractivity contribution in [2.45, 2.75) is 19.3 Å². The summed E-state index contributed by atoms with van der Waals surface area (Å²) in [7, 11) is -1.84. The summed E-state index contributed by atoms with van der Waals surface area (Å²) in [6.07, 6.45) is 3.42. The monoisotopic (exact) mass is 410 g/mol. The lowest BCUT2D eigenvalue weighted by Gasteiger charge is -2.29. The lowest BCUT2D eigenvalue weighted by molar-refractivity contribution is -0.126. The Morgan fingerprint density at radius 3 is 2.57 bits per heavy atom. The molecule has 1 aliphatic heterocycles. The average molecular weight is 411 g/mol. The van der Waals surface area contributed by atoms with Crippen LogP contribution in [0, 0.1) is 5.92 Å². The average Bonchev–Trinajstić information content (AvgIpc) is 2.72. The van der Waals surface area contributed by atoms with Gasteiger partial charge in [0.1, 0.15) is 0 Å². The Balaban J connectivity index is 1.70. The number of ether oxygens (including phenoxy) is 2. The third-order valence-corrected chi connectivity index (χ3v) is 6.18. The first kappa shape index (κ1) is 22.5. The highest BCUT2D eigenvalue weighted by Gasteiger charge is 2.29. The Kier molecular flexibility index (Phi) is 9.63. The number of sulfonamides is 1. The fourth-order valence-corrected chi connectivity index (χ4v) is 4.18. The van der Waals surface area contributed by atoms with E-state index in [2.05, 4.69) is 5.32 Å². The minimum absolute atomic E-state index is 0.00577. The topological polar surface area (TPSA) is 84.9 Å². The maximum Gasteiger partial charge on any atom is 0.236 e. The van der Waals surface area contributed by atoms with Crippen molar-refractivity contribution in [3.05, 3.63) is 41.3 Å². The SMILES string of the molecule is COCCOCCCNC(=O)C1CCN(S(=O)(=O)/C=C/c2ccccc2)CC1. The highest BCUT2D eigenvalue weighted by Crippen LogP contribution is 2.21. The van der Waals surface area contributed by atoms with Crippen LogP contribution in [0.1, 0.15) is 24.8 Å². The second-order valence-electron chi connectivity index (χ2n) is 6.68. The summed E-state index contributed by atoms with van der Waals surface area (Å²) in [5.41, 5.74) is 0.839. The molecular formula is C20H30N2O5S. The van der Waals surface area contributed by atoms with Crippen molar-refractivity contribution in [2.75, 3.05) is 46.6 Å². The fraction of sp³-hybridized carbons (Fsp3) is 0.550. The number of carbonyl (C=O) groups excluding carboxylic acids is 1. The summed E-state index contributed by atoms with van der Waals surface area (Å²) < 4.78 is 36.6. The van der Waals surface area contributed by atoms with Gasteiger partial charge in [-0.2, -0.15) is 4.31 Å². The molecule has 0 unspecified atom stereocenters. The van der Waals surface area contributed by atoms with Gasteiger partial charge in [-0.1, -0.05) is 30.3 Å².